The molecule has 4 nitrogen and oxygen atoms in total. The number of rotatable bonds is 3. The Hall–Kier alpha value is -2.10. The van der Waals surface area contributed by atoms with Gasteiger partial charge in [-0.2, -0.15) is 0 Å². The summed E-state index contributed by atoms with van der Waals surface area (Å²) < 4.78 is 1.49. The third-order valence-corrected chi connectivity index (χ3v) is 2.59. The zero-order valence-corrected chi connectivity index (χ0v) is 9.78. The van der Waals surface area contributed by atoms with Gasteiger partial charge in [0.05, 0.1) is 0 Å². The fourth-order valence-electron chi connectivity index (χ4n) is 1.65. The molecule has 0 unspecified atom stereocenters. The predicted molar refractivity (Wildman–Crippen MR) is 65.5 cm³/mol. The zero-order chi connectivity index (χ0) is 12.1. The molecule has 2 rings (SSSR count). The first kappa shape index (κ1) is 11.4. The predicted octanol–water partition coefficient (Wildman–Crippen LogP) is 2.37. The second-order valence-corrected chi connectivity index (χ2v) is 3.75. The molecule has 88 valence electrons. The number of imidazole rings is 1. The number of carbonyl (C=O) groups excluding carboxylic acids is 1. The molecule has 0 saturated carbocycles. The summed E-state index contributed by atoms with van der Waals surface area (Å²) in [6.45, 7) is 3.26. The van der Waals surface area contributed by atoms with Crippen LogP contribution in [0.1, 0.15) is 12.5 Å². The summed E-state index contributed by atoms with van der Waals surface area (Å²) in [7, 11) is 0. The number of hydrogen-bond donors (Lipinski definition) is 0. The van der Waals surface area contributed by atoms with Crippen molar-refractivity contribution in [2.24, 2.45) is 0 Å². The molecule has 1 heterocycles. The minimum absolute atomic E-state index is 0.0474. The van der Waals surface area contributed by atoms with Crippen LogP contribution in [0.4, 0.5) is 4.79 Å². The van der Waals surface area contributed by atoms with Crippen LogP contribution in [0, 0.1) is 0 Å². The van der Waals surface area contributed by atoms with E-state index in [1.807, 2.05) is 37.3 Å². The highest BCUT2D eigenvalue weighted by Gasteiger charge is 2.13. The molecular formula is C13H15N3O. The summed E-state index contributed by atoms with van der Waals surface area (Å²) >= 11 is 0. The Morgan fingerprint density at radius 1 is 1.35 bits per heavy atom. The van der Waals surface area contributed by atoms with Crippen LogP contribution in [0.2, 0.25) is 0 Å². The van der Waals surface area contributed by atoms with E-state index in [1.54, 1.807) is 17.3 Å². The molecule has 0 fully saturated rings. The van der Waals surface area contributed by atoms with Crippen LogP contribution >= 0.6 is 0 Å². The number of nitrogens with zero attached hydrogens (tertiary/aromatic N) is 3. The Labute approximate surface area is 101 Å². The quantitative estimate of drug-likeness (QED) is 0.810. The van der Waals surface area contributed by atoms with Crippen LogP contribution in [-0.2, 0) is 6.54 Å². The van der Waals surface area contributed by atoms with Crippen molar-refractivity contribution in [2.75, 3.05) is 6.54 Å². The first-order valence-electron chi connectivity index (χ1n) is 5.62. The van der Waals surface area contributed by atoms with E-state index in [-0.39, 0.29) is 6.03 Å². The highest BCUT2D eigenvalue weighted by atomic mass is 16.2. The maximum absolute atomic E-state index is 12.1. The topological polar surface area (TPSA) is 38.1 Å². The van der Waals surface area contributed by atoms with Gasteiger partial charge in [-0.25, -0.2) is 9.78 Å². The molecule has 2 aromatic rings. The van der Waals surface area contributed by atoms with Crippen LogP contribution in [0.5, 0.6) is 0 Å². The minimum atomic E-state index is -0.0474. The second-order valence-electron chi connectivity index (χ2n) is 3.75. The first-order chi connectivity index (χ1) is 8.31. The van der Waals surface area contributed by atoms with E-state index in [4.69, 9.17) is 0 Å². The van der Waals surface area contributed by atoms with Crippen molar-refractivity contribution in [2.45, 2.75) is 13.5 Å². The molecule has 1 aromatic heterocycles. The van der Waals surface area contributed by atoms with Gasteiger partial charge in [0.2, 0.25) is 0 Å². The van der Waals surface area contributed by atoms with E-state index in [1.165, 1.54) is 10.9 Å². The van der Waals surface area contributed by atoms with E-state index in [0.717, 1.165) is 5.56 Å². The van der Waals surface area contributed by atoms with Gasteiger partial charge in [0.1, 0.15) is 6.33 Å². The van der Waals surface area contributed by atoms with Crippen LogP contribution in [-0.4, -0.2) is 27.0 Å². The SMILES string of the molecule is CCN(Cc1ccccc1)C(=O)n1ccnc1. The maximum Gasteiger partial charge on any atom is 0.329 e. The monoisotopic (exact) mass is 229 g/mol. The summed E-state index contributed by atoms with van der Waals surface area (Å²) in [5, 5.41) is 0. The molecule has 1 aromatic carbocycles. The number of amides is 1. The summed E-state index contributed by atoms with van der Waals surface area (Å²) in [6.07, 6.45) is 4.79. The average molecular weight is 229 g/mol. The Morgan fingerprint density at radius 2 is 2.12 bits per heavy atom. The molecule has 1 amide bonds. The van der Waals surface area contributed by atoms with Gasteiger partial charge in [0.15, 0.2) is 0 Å². The highest BCUT2D eigenvalue weighted by molar-refractivity contribution is 5.76. The first-order valence-corrected chi connectivity index (χ1v) is 5.62. The van der Waals surface area contributed by atoms with Crippen LogP contribution in [0.3, 0.4) is 0 Å². The molecule has 0 aliphatic carbocycles. The van der Waals surface area contributed by atoms with E-state index >= 15 is 0 Å². The summed E-state index contributed by atoms with van der Waals surface area (Å²) in [5.41, 5.74) is 1.13. The lowest BCUT2D eigenvalue weighted by molar-refractivity contribution is 0.200. The van der Waals surface area contributed by atoms with E-state index in [9.17, 15) is 4.79 Å². The summed E-state index contributed by atoms with van der Waals surface area (Å²) in [6, 6.07) is 9.91. The maximum atomic E-state index is 12.1. The number of hydrogen-bond acceptors (Lipinski definition) is 2. The van der Waals surface area contributed by atoms with Crippen molar-refractivity contribution in [1.29, 1.82) is 0 Å². The third kappa shape index (κ3) is 2.72. The van der Waals surface area contributed by atoms with Gasteiger partial charge in [-0.1, -0.05) is 30.3 Å². The van der Waals surface area contributed by atoms with Crippen molar-refractivity contribution in [1.82, 2.24) is 14.5 Å². The lowest BCUT2D eigenvalue weighted by Gasteiger charge is -2.20. The molecule has 0 atom stereocenters. The smallest absolute Gasteiger partial charge is 0.320 e. The molecule has 0 aliphatic rings. The molecular weight excluding hydrogens is 214 g/mol. The van der Waals surface area contributed by atoms with Gasteiger partial charge in [0, 0.05) is 25.5 Å². The number of benzene rings is 1. The van der Waals surface area contributed by atoms with E-state index in [2.05, 4.69) is 4.98 Å². The fraction of sp³-hybridized carbons (Fsp3) is 0.231. The zero-order valence-electron chi connectivity index (χ0n) is 9.78. The molecule has 0 saturated heterocycles. The van der Waals surface area contributed by atoms with Gasteiger partial charge in [-0.3, -0.25) is 4.57 Å². The van der Waals surface area contributed by atoms with Crippen molar-refractivity contribution in [3.8, 4) is 0 Å². The standard InChI is InChI=1S/C13H15N3O/c1-2-15(10-12-6-4-3-5-7-12)13(17)16-9-8-14-11-16/h3-9,11H,2,10H2,1H3. The molecule has 4 heteroatoms. The van der Waals surface area contributed by atoms with Crippen molar-refractivity contribution >= 4 is 6.03 Å². The van der Waals surface area contributed by atoms with Crippen LogP contribution in [0.15, 0.2) is 49.1 Å². The Kier molecular flexibility index (Phi) is 3.55. The van der Waals surface area contributed by atoms with Crippen molar-refractivity contribution in [3.63, 3.8) is 0 Å². The van der Waals surface area contributed by atoms with Gasteiger partial charge >= 0.3 is 6.03 Å². The number of aromatic nitrogens is 2. The van der Waals surface area contributed by atoms with Crippen LogP contribution < -0.4 is 0 Å². The molecule has 0 spiro atoms. The van der Waals surface area contributed by atoms with Gasteiger partial charge in [0.25, 0.3) is 0 Å². The molecule has 0 radical (unpaired) electrons. The lowest BCUT2D eigenvalue weighted by Crippen LogP contribution is -2.33. The van der Waals surface area contributed by atoms with Gasteiger partial charge < -0.3 is 4.90 Å². The number of carbonyl (C=O) groups is 1. The van der Waals surface area contributed by atoms with Crippen LogP contribution in [0.25, 0.3) is 0 Å². The molecule has 0 bridgehead atoms. The normalized spacial score (nSPS) is 10.2. The van der Waals surface area contributed by atoms with Crippen molar-refractivity contribution in [3.05, 3.63) is 54.6 Å². The Morgan fingerprint density at radius 3 is 2.71 bits per heavy atom. The Bertz CT molecular complexity index is 465. The molecule has 0 aliphatic heterocycles. The largest absolute Gasteiger partial charge is 0.329 e. The van der Waals surface area contributed by atoms with Gasteiger partial charge in [-0.05, 0) is 12.5 Å². The van der Waals surface area contributed by atoms with Crippen molar-refractivity contribution < 1.29 is 4.79 Å². The Balaban J connectivity index is 2.10. The average Bonchev–Trinajstić information content (AvgIpc) is 2.90. The minimum Gasteiger partial charge on any atom is -0.320 e. The molecule has 17 heavy (non-hydrogen) atoms. The summed E-state index contributed by atoms with van der Waals surface area (Å²) in [4.78, 5) is 17.7. The van der Waals surface area contributed by atoms with Gasteiger partial charge in [-0.15, -0.1) is 0 Å². The lowest BCUT2D eigenvalue weighted by atomic mass is 10.2. The molecule has 0 N–H and O–H groups in total. The third-order valence-electron chi connectivity index (χ3n) is 2.59. The van der Waals surface area contributed by atoms with E-state index in [0.29, 0.717) is 13.1 Å². The summed E-state index contributed by atoms with van der Waals surface area (Å²) in [5.74, 6) is 0. The fourth-order valence-corrected chi connectivity index (χ4v) is 1.65. The second kappa shape index (κ2) is 5.30. The van der Waals surface area contributed by atoms with E-state index < -0.39 is 0 Å². The highest BCUT2D eigenvalue weighted by Crippen LogP contribution is 2.06.